The second-order valence-corrected chi connectivity index (χ2v) is 4.49. The number of hydrogen-bond donors (Lipinski definition) is 2. The lowest BCUT2D eigenvalue weighted by Crippen LogP contribution is -2.19. The van der Waals surface area contributed by atoms with E-state index in [0.29, 0.717) is 11.6 Å². The second-order valence-electron chi connectivity index (χ2n) is 2.78. The Bertz CT molecular complexity index is 327. The van der Waals surface area contributed by atoms with Gasteiger partial charge in [-0.15, -0.1) is 0 Å². The van der Waals surface area contributed by atoms with Crippen LogP contribution < -0.4 is 5.32 Å². The van der Waals surface area contributed by atoms with E-state index in [0.717, 1.165) is 11.3 Å². The zero-order chi connectivity index (χ0) is 8.77. The zero-order valence-electron chi connectivity index (χ0n) is 6.14. The van der Waals surface area contributed by atoms with Gasteiger partial charge in [-0.2, -0.15) is 0 Å². The molecule has 2 nitrogen and oxygen atoms in total. The van der Waals surface area contributed by atoms with Crippen LogP contribution in [0.15, 0.2) is 18.2 Å². The molecule has 0 spiro atoms. The SMILES string of the molecule is OC1(Br)CNc2cccc(Cl)c21. The van der Waals surface area contributed by atoms with Gasteiger partial charge in [0.25, 0.3) is 0 Å². The van der Waals surface area contributed by atoms with Crippen LogP contribution in [0.1, 0.15) is 5.56 Å². The summed E-state index contributed by atoms with van der Waals surface area (Å²) in [7, 11) is 0. The third-order valence-corrected chi connectivity index (χ3v) is 2.90. The fraction of sp³-hybridized carbons (Fsp3) is 0.250. The number of rotatable bonds is 0. The van der Waals surface area contributed by atoms with Crippen molar-refractivity contribution >= 4 is 33.2 Å². The van der Waals surface area contributed by atoms with Crippen molar-refractivity contribution in [1.29, 1.82) is 0 Å². The number of halogens is 2. The lowest BCUT2D eigenvalue weighted by molar-refractivity contribution is 0.168. The average Bonchev–Trinajstić information content (AvgIpc) is 2.29. The Hall–Kier alpha value is -0.250. The number of alkyl halides is 1. The molecule has 0 radical (unpaired) electrons. The lowest BCUT2D eigenvalue weighted by atomic mass is 10.1. The molecule has 0 bridgehead atoms. The van der Waals surface area contributed by atoms with Gasteiger partial charge in [-0.1, -0.05) is 17.7 Å². The van der Waals surface area contributed by atoms with Crippen LogP contribution in [0.2, 0.25) is 5.02 Å². The lowest BCUT2D eigenvalue weighted by Gasteiger charge is -2.14. The third-order valence-electron chi connectivity index (χ3n) is 1.91. The standard InChI is InChI=1S/C8H7BrClNO/c9-8(12)4-11-6-3-1-2-5(10)7(6)8/h1-3,11-12H,4H2. The molecule has 0 fully saturated rings. The van der Waals surface area contributed by atoms with Gasteiger partial charge < -0.3 is 10.4 Å². The van der Waals surface area contributed by atoms with Crippen LogP contribution in [-0.4, -0.2) is 11.7 Å². The molecule has 64 valence electrons. The van der Waals surface area contributed by atoms with Gasteiger partial charge in [-0.3, -0.25) is 0 Å². The molecule has 1 aromatic rings. The predicted molar refractivity (Wildman–Crippen MR) is 52.8 cm³/mol. The fourth-order valence-electron chi connectivity index (χ4n) is 1.36. The molecule has 0 aliphatic carbocycles. The Kier molecular flexibility index (Phi) is 1.82. The number of fused-ring (bicyclic) bond motifs is 1. The minimum absolute atomic E-state index is 0.450. The van der Waals surface area contributed by atoms with Crippen molar-refractivity contribution in [1.82, 2.24) is 0 Å². The van der Waals surface area contributed by atoms with E-state index in [2.05, 4.69) is 21.2 Å². The zero-order valence-corrected chi connectivity index (χ0v) is 8.48. The highest BCUT2D eigenvalue weighted by Crippen LogP contribution is 2.43. The summed E-state index contributed by atoms with van der Waals surface area (Å²) in [6.07, 6.45) is 0. The maximum absolute atomic E-state index is 9.80. The maximum Gasteiger partial charge on any atom is 0.165 e. The molecule has 0 aromatic heterocycles. The summed E-state index contributed by atoms with van der Waals surface area (Å²) in [6, 6.07) is 5.50. The highest BCUT2D eigenvalue weighted by Gasteiger charge is 2.35. The van der Waals surface area contributed by atoms with Gasteiger partial charge >= 0.3 is 0 Å². The van der Waals surface area contributed by atoms with E-state index in [-0.39, 0.29) is 0 Å². The number of anilines is 1. The van der Waals surface area contributed by atoms with Crippen molar-refractivity contribution in [3.8, 4) is 0 Å². The van der Waals surface area contributed by atoms with Gasteiger partial charge in [-0.05, 0) is 28.1 Å². The molecule has 1 heterocycles. The Labute approximate surface area is 83.7 Å². The Morgan fingerprint density at radius 2 is 2.33 bits per heavy atom. The van der Waals surface area contributed by atoms with Gasteiger partial charge in [0.15, 0.2) is 4.51 Å². The second kappa shape index (κ2) is 2.62. The molecule has 1 aromatic carbocycles. The first kappa shape index (κ1) is 8.35. The molecule has 1 unspecified atom stereocenters. The smallest absolute Gasteiger partial charge is 0.165 e. The number of nitrogens with one attached hydrogen (secondary N) is 1. The van der Waals surface area contributed by atoms with Crippen LogP contribution in [0.5, 0.6) is 0 Å². The Morgan fingerprint density at radius 3 is 3.00 bits per heavy atom. The number of benzene rings is 1. The van der Waals surface area contributed by atoms with Gasteiger partial charge in [-0.25, -0.2) is 0 Å². The number of aliphatic hydroxyl groups is 1. The monoisotopic (exact) mass is 247 g/mol. The predicted octanol–water partition coefficient (Wildman–Crippen LogP) is 2.31. The van der Waals surface area contributed by atoms with E-state index in [1.807, 2.05) is 12.1 Å². The van der Waals surface area contributed by atoms with Crippen LogP contribution >= 0.6 is 27.5 Å². The summed E-state index contributed by atoms with van der Waals surface area (Å²) in [5.41, 5.74) is 1.62. The van der Waals surface area contributed by atoms with Crippen molar-refractivity contribution in [2.24, 2.45) is 0 Å². The van der Waals surface area contributed by atoms with Crippen LogP contribution in [-0.2, 0) is 4.51 Å². The molecule has 0 saturated heterocycles. The minimum atomic E-state index is -1.01. The molecule has 0 amide bonds. The van der Waals surface area contributed by atoms with Crippen LogP contribution in [0.4, 0.5) is 5.69 Å². The molecule has 1 aliphatic heterocycles. The van der Waals surface area contributed by atoms with Gasteiger partial charge in [0.2, 0.25) is 0 Å². The average molecular weight is 249 g/mol. The summed E-state index contributed by atoms with van der Waals surface area (Å²) in [6.45, 7) is 0.450. The molecule has 0 saturated carbocycles. The summed E-state index contributed by atoms with van der Waals surface area (Å²) >= 11 is 9.12. The Balaban J connectivity index is 2.64. The van der Waals surface area contributed by atoms with Crippen molar-refractivity contribution in [2.75, 3.05) is 11.9 Å². The van der Waals surface area contributed by atoms with Crippen LogP contribution in [0.25, 0.3) is 0 Å². The van der Waals surface area contributed by atoms with E-state index in [1.54, 1.807) is 6.07 Å². The first-order valence-corrected chi connectivity index (χ1v) is 4.72. The molecule has 2 rings (SSSR count). The topological polar surface area (TPSA) is 32.3 Å². The van der Waals surface area contributed by atoms with Crippen LogP contribution in [0, 0.1) is 0 Å². The Morgan fingerprint density at radius 1 is 1.58 bits per heavy atom. The maximum atomic E-state index is 9.80. The summed E-state index contributed by atoms with van der Waals surface area (Å²) in [5, 5.41) is 13.4. The highest BCUT2D eigenvalue weighted by atomic mass is 79.9. The van der Waals surface area contributed by atoms with E-state index < -0.39 is 4.51 Å². The largest absolute Gasteiger partial charge is 0.380 e. The molecular formula is C8H7BrClNO. The van der Waals surface area contributed by atoms with Crippen molar-refractivity contribution in [3.63, 3.8) is 0 Å². The van der Waals surface area contributed by atoms with Crippen molar-refractivity contribution in [3.05, 3.63) is 28.8 Å². The number of β-amino-alcohol motifs (C(OH)–C–C–N with tert-alkyl or cyclic N) is 1. The van der Waals surface area contributed by atoms with E-state index in [9.17, 15) is 5.11 Å². The molecule has 1 aliphatic rings. The van der Waals surface area contributed by atoms with Crippen molar-refractivity contribution < 1.29 is 5.11 Å². The normalized spacial score (nSPS) is 26.6. The van der Waals surface area contributed by atoms with E-state index >= 15 is 0 Å². The third kappa shape index (κ3) is 1.13. The van der Waals surface area contributed by atoms with Crippen LogP contribution in [0.3, 0.4) is 0 Å². The van der Waals surface area contributed by atoms with Gasteiger partial charge in [0.1, 0.15) is 0 Å². The summed E-state index contributed by atoms with van der Waals surface area (Å²) in [4.78, 5) is 0. The van der Waals surface area contributed by atoms with Gasteiger partial charge in [0, 0.05) is 16.3 Å². The van der Waals surface area contributed by atoms with E-state index in [1.165, 1.54) is 0 Å². The first-order valence-electron chi connectivity index (χ1n) is 3.55. The van der Waals surface area contributed by atoms with Crippen molar-refractivity contribution in [2.45, 2.75) is 4.51 Å². The summed E-state index contributed by atoms with van der Waals surface area (Å²) < 4.78 is -1.01. The first-order chi connectivity index (χ1) is 5.61. The summed E-state index contributed by atoms with van der Waals surface area (Å²) in [5.74, 6) is 0. The fourth-order valence-corrected chi connectivity index (χ4v) is 2.37. The molecule has 4 heteroatoms. The molecule has 2 N–H and O–H groups in total. The molecular weight excluding hydrogens is 241 g/mol. The van der Waals surface area contributed by atoms with E-state index in [4.69, 9.17) is 11.6 Å². The van der Waals surface area contributed by atoms with Gasteiger partial charge in [0.05, 0.1) is 6.54 Å². The number of hydrogen-bond acceptors (Lipinski definition) is 2. The highest BCUT2D eigenvalue weighted by molar-refractivity contribution is 9.09. The molecule has 12 heavy (non-hydrogen) atoms. The molecule has 1 atom stereocenters. The quantitative estimate of drug-likeness (QED) is 0.691. The minimum Gasteiger partial charge on any atom is -0.380 e.